The first-order valence-electron chi connectivity index (χ1n) is 5.23. The molecule has 0 bridgehead atoms. The van der Waals surface area contributed by atoms with Gasteiger partial charge in [-0.1, -0.05) is 12.2 Å². The summed E-state index contributed by atoms with van der Waals surface area (Å²) in [6.07, 6.45) is 1.67. The normalized spacial score (nSPS) is 12.2. The van der Waals surface area contributed by atoms with Crippen LogP contribution in [0.1, 0.15) is 16.8 Å². The van der Waals surface area contributed by atoms with Crippen LogP contribution in [-0.2, 0) is 10.8 Å². The van der Waals surface area contributed by atoms with Crippen LogP contribution in [0.5, 0.6) is 0 Å². The summed E-state index contributed by atoms with van der Waals surface area (Å²) in [6.45, 7) is 4.46. The van der Waals surface area contributed by atoms with Crippen LogP contribution in [0, 0.1) is 13.8 Å². The van der Waals surface area contributed by atoms with Gasteiger partial charge in [-0.3, -0.25) is 4.21 Å². The summed E-state index contributed by atoms with van der Waals surface area (Å²) in [5.41, 5.74) is 8.37. The molecule has 0 aliphatic heterocycles. The third-order valence-corrected chi connectivity index (χ3v) is 3.26. The highest BCUT2D eigenvalue weighted by Gasteiger charge is 2.10. The molecule has 1 atom stereocenters. The Balaban J connectivity index is 2.96. The topological polar surface area (TPSA) is 68.0 Å². The van der Waals surface area contributed by atoms with Crippen molar-refractivity contribution in [1.29, 1.82) is 0 Å². The number of pyridine rings is 1. The first kappa shape index (κ1) is 14.1. The van der Waals surface area contributed by atoms with Crippen molar-refractivity contribution in [3.63, 3.8) is 0 Å². The molecule has 6 heteroatoms. The van der Waals surface area contributed by atoms with Crippen LogP contribution in [0.25, 0.3) is 0 Å². The summed E-state index contributed by atoms with van der Waals surface area (Å²) in [5, 5.41) is 3.14. The predicted octanol–water partition coefficient (Wildman–Crippen LogP) is 1.12. The maximum atomic E-state index is 11.0. The number of nitrogens with one attached hydrogen (secondary N) is 1. The second-order valence-electron chi connectivity index (χ2n) is 3.87. The highest BCUT2D eigenvalue weighted by Crippen LogP contribution is 2.18. The summed E-state index contributed by atoms with van der Waals surface area (Å²) >= 11 is 5.02. The van der Waals surface area contributed by atoms with Crippen LogP contribution in [0.15, 0.2) is 6.07 Å². The lowest BCUT2D eigenvalue weighted by molar-refractivity contribution is 0.687. The quantitative estimate of drug-likeness (QED) is 0.786. The van der Waals surface area contributed by atoms with E-state index < -0.39 is 10.8 Å². The average molecular weight is 271 g/mol. The van der Waals surface area contributed by atoms with Crippen LogP contribution < -0.4 is 11.1 Å². The molecule has 94 valence electrons. The Labute approximate surface area is 109 Å². The predicted molar refractivity (Wildman–Crippen MR) is 77.0 cm³/mol. The fraction of sp³-hybridized carbons (Fsp3) is 0.455. The van der Waals surface area contributed by atoms with Crippen LogP contribution >= 0.6 is 12.2 Å². The molecule has 0 saturated carbocycles. The van der Waals surface area contributed by atoms with E-state index in [-0.39, 0.29) is 0 Å². The Bertz CT molecular complexity index is 460. The fourth-order valence-electron chi connectivity index (χ4n) is 1.59. The zero-order chi connectivity index (χ0) is 13.0. The molecule has 1 rings (SSSR count). The minimum atomic E-state index is -0.822. The van der Waals surface area contributed by atoms with Crippen molar-refractivity contribution in [2.24, 2.45) is 5.73 Å². The third kappa shape index (κ3) is 4.05. The van der Waals surface area contributed by atoms with Crippen LogP contribution in [0.4, 0.5) is 5.82 Å². The van der Waals surface area contributed by atoms with Crippen molar-refractivity contribution < 1.29 is 4.21 Å². The summed E-state index contributed by atoms with van der Waals surface area (Å²) < 4.78 is 11.0. The lowest BCUT2D eigenvalue weighted by Crippen LogP contribution is -2.19. The molecule has 0 aromatic carbocycles. The number of hydrogen-bond donors (Lipinski definition) is 2. The van der Waals surface area contributed by atoms with Crippen molar-refractivity contribution in [2.75, 3.05) is 23.9 Å². The van der Waals surface area contributed by atoms with Gasteiger partial charge in [-0.15, -0.1) is 0 Å². The van der Waals surface area contributed by atoms with E-state index in [4.69, 9.17) is 18.0 Å². The van der Waals surface area contributed by atoms with Gasteiger partial charge < -0.3 is 11.1 Å². The van der Waals surface area contributed by atoms with E-state index in [1.165, 1.54) is 0 Å². The number of thiocarbonyl (C=S) groups is 1. The molecule has 1 aromatic rings. The van der Waals surface area contributed by atoms with Crippen LogP contribution in [0.3, 0.4) is 0 Å². The number of anilines is 1. The van der Waals surface area contributed by atoms with Crippen molar-refractivity contribution >= 4 is 33.8 Å². The SMILES string of the molecule is Cc1cc(C)c(C(N)=S)c(NCCS(C)=O)n1. The van der Waals surface area contributed by atoms with Gasteiger partial charge in [0, 0.05) is 35.0 Å². The van der Waals surface area contributed by atoms with Crippen molar-refractivity contribution in [1.82, 2.24) is 4.98 Å². The first-order valence-corrected chi connectivity index (χ1v) is 7.37. The molecule has 4 nitrogen and oxygen atoms in total. The molecule has 0 amide bonds. The molecule has 1 heterocycles. The molecule has 0 aliphatic carbocycles. The van der Waals surface area contributed by atoms with E-state index in [2.05, 4.69) is 10.3 Å². The van der Waals surface area contributed by atoms with E-state index in [9.17, 15) is 4.21 Å². The molecule has 1 aromatic heterocycles. The lowest BCUT2D eigenvalue weighted by Gasteiger charge is -2.13. The zero-order valence-electron chi connectivity index (χ0n) is 10.2. The number of aryl methyl sites for hydroxylation is 2. The van der Waals surface area contributed by atoms with Crippen molar-refractivity contribution in [3.05, 3.63) is 22.9 Å². The minimum absolute atomic E-state index is 0.329. The highest BCUT2D eigenvalue weighted by molar-refractivity contribution is 7.84. The van der Waals surface area contributed by atoms with Gasteiger partial charge in [0.05, 0.1) is 5.56 Å². The summed E-state index contributed by atoms with van der Waals surface area (Å²) in [6, 6.07) is 1.94. The van der Waals surface area contributed by atoms with E-state index >= 15 is 0 Å². The van der Waals surface area contributed by atoms with Gasteiger partial charge in [0.2, 0.25) is 0 Å². The number of aromatic nitrogens is 1. The second kappa shape index (κ2) is 6.07. The van der Waals surface area contributed by atoms with Crippen molar-refractivity contribution in [3.8, 4) is 0 Å². The second-order valence-corrected chi connectivity index (χ2v) is 5.87. The molecule has 0 fully saturated rings. The summed E-state index contributed by atoms with van der Waals surface area (Å²) in [7, 11) is -0.822. The van der Waals surface area contributed by atoms with Gasteiger partial charge in [0.25, 0.3) is 0 Å². The standard InChI is InChI=1S/C11H17N3OS2/c1-7-6-8(2)14-11(9(7)10(12)16)13-4-5-17(3)15/h6H,4-5H2,1-3H3,(H2,12,16)(H,13,14). The lowest BCUT2D eigenvalue weighted by atomic mass is 10.1. The third-order valence-electron chi connectivity index (χ3n) is 2.27. The highest BCUT2D eigenvalue weighted by atomic mass is 32.2. The fourth-order valence-corrected chi connectivity index (χ4v) is 2.24. The number of nitrogens with zero attached hydrogens (tertiary/aromatic N) is 1. The van der Waals surface area contributed by atoms with Gasteiger partial charge in [0.15, 0.2) is 0 Å². The molecule has 0 saturated heterocycles. The Morgan fingerprint density at radius 3 is 2.76 bits per heavy atom. The Kier molecular flexibility index (Phi) is 5.02. The summed E-state index contributed by atoms with van der Waals surface area (Å²) in [5.74, 6) is 1.26. The number of rotatable bonds is 5. The Morgan fingerprint density at radius 1 is 1.59 bits per heavy atom. The van der Waals surface area contributed by atoms with E-state index in [1.54, 1.807) is 6.26 Å². The zero-order valence-corrected chi connectivity index (χ0v) is 11.9. The van der Waals surface area contributed by atoms with E-state index in [0.717, 1.165) is 16.8 Å². The molecule has 3 N–H and O–H groups in total. The van der Waals surface area contributed by atoms with Gasteiger partial charge in [-0.25, -0.2) is 4.98 Å². The number of nitrogens with two attached hydrogens (primary N) is 1. The number of hydrogen-bond acceptors (Lipinski definition) is 4. The molecule has 0 spiro atoms. The molecule has 17 heavy (non-hydrogen) atoms. The maximum Gasteiger partial charge on any atom is 0.136 e. The molecular formula is C11H17N3OS2. The summed E-state index contributed by atoms with van der Waals surface area (Å²) in [4.78, 5) is 4.70. The molecule has 0 aliphatic rings. The molecule has 0 radical (unpaired) electrons. The Hall–Kier alpha value is -1.01. The monoisotopic (exact) mass is 271 g/mol. The van der Waals surface area contributed by atoms with Crippen LogP contribution in [0.2, 0.25) is 0 Å². The van der Waals surface area contributed by atoms with Crippen LogP contribution in [-0.4, -0.2) is 32.7 Å². The largest absolute Gasteiger partial charge is 0.389 e. The molecular weight excluding hydrogens is 254 g/mol. The van der Waals surface area contributed by atoms with Gasteiger partial charge >= 0.3 is 0 Å². The minimum Gasteiger partial charge on any atom is -0.389 e. The van der Waals surface area contributed by atoms with Crippen molar-refractivity contribution in [2.45, 2.75) is 13.8 Å². The van der Waals surface area contributed by atoms with Gasteiger partial charge in [-0.05, 0) is 25.5 Å². The molecule has 1 unspecified atom stereocenters. The first-order chi connectivity index (χ1) is 7.91. The Morgan fingerprint density at radius 2 is 2.24 bits per heavy atom. The van der Waals surface area contributed by atoms with Gasteiger partial charge in [-0.2, -0.15) is 0 Å². The van der Waals surface area contributed by atoms with E-state index in [1.807, 2.05) is 19.9 Å². The van der Waals surface area contributed by atoms with E-state index in [0.29, 0.717) is 23.1 Å². The maximum absolute atomic E-state index is 11.0. The van der Waals surface area contributed by atoms with Gasteiger partial charge in [0.1, 0.15) is 10.8 Å². The smallest absolute Gasteiger partial charge is 0.136 e. The average Bonchev–Trinajstić information content (AvgIpc) is 2.14.